The zero-order valence-electron chi connectivity index (χ0n) is 20.0. The summed E-state index contributed by atoms with van der Waals surface area (Å²) < 4.78 is 25.8. The van der Waals surface area contributed by atoms with Gasteiger partial charge in [0.15, 0.2) is 4.90 Å². The summed E-state index contributed by atoms with van der Waals surface area (Å²) >= 11 is -1.21. The number of nitrogens with zero attached hydrogens (tertiary/aromatic N) is 1. The average Bonchev–Trinajstić information content (AvgIpc) is 2.77. The number of ether oxygens (including phenoxy) is 2. The van der Waals surface area contributed by atoms with Gasteiger partial charge >= 0.3 is 0 Å². The number of rotatable bonds is 8. The number of carbonyl (C=O) groups is 1. The molecule has 33 heavy (non-hydrogen) atoms. The van der Waals surface area contributed by atoms with Crippen molar-refractivity contribution in [1.29, 1.82) is 5.26 Å². The van der Waals surface area contributed by atoms with E-state index >= 15 is 0 Å². The Kier molecular flexibility index (Phi) is 9.05. The topological polar surface area (TPSA) is 106 Å². The van der Waals surface area contributed by atoms with Gasteiger partial charge in [0, 0.05) is 37.8 Å². The third-order valence-corrected chi connectivity index (χ3v) is 7.73. The first-order chi connectivity index (χ1) is 15.7. The van der Waals surface area contributed by atoms with Crippen molar-refractivity contribution >= 4 is 17.1 Å². The maximum absolute atomic E-state index is 13.1. The van der Waals surface area contributed by atoms with Gasteiger partial charge in [-0.05, 0) is 69.1 Å². The Labute approximate surface area is 200 Å². The lowest BCUT2D eigenvalue weighted by Gasteiger charge is -2.42. The van der Waals surface area contributed by atoms with E-state index in [-0.39, 0.29) is 29.9 Å². The van der Waals surface area contributed by atoms with Crippen LogP contribution in [-0.4, -0.2) is 47.2 Å². The molecule has 1 saturated heterocycles. The van der Waals surface area contributed by atoms with Gasteiger partial charge in [-0.25, -0.2) is 0 Å². The summed E-state index contributed by atoms with van der Waals surface area (Å²) in [6.07, 6.45) is 5.23. The summed E-state index contributed by atoms with van der Waals surface area (Å²) in [6.45, 7) is 7.79. The molecular weight excluding hydrogens is 438 g/mol. The minimum atomic E-state index is -1.21. The first kappa shape index (κ1) is 25.8. The van der Waals surface area contributed by atoms with Gasteiger partial charge in [0.2, 0.25) is 11.7 Å². The summed E-state index contributed by atoms with van der Waals surface area (Å²) in [4.78, 5) is 13.2. The molecule has 1 saturated carbocycles. The van der Waals surface area contributed by atoms with Crippen molar-refractivity contribution in [1.82, 2.24) is 10.6 Å². The highest BCUT2D eigenvalue weighted by Gasteiger charge is 2.39. The van der Waals surface area contributed by atoms with Gasteiger partial charge in [0.25, 0.3) is 0 Å². The highest BCUT2D eigenvalue weighted by Crippen LogP contribution is 2.34. The van der Waals surface area contributed by atoms with Crippen LogP contribution in [0.3, 0.4) is 0 Å². The van der Waals surface area contributed by atoms with Gasteiger partial charge in [-0.2, -0.15) is 5.26 Å². The molecule has 8 heteroatoms. The van der Waals surface area contributed by atoms with Gasteiger partial charge < -0.3 is 24.7 Å². The van der Waals surface area contributed by atoms with Crippen molar-refractivity contribution in [3.05, 3.63) is 24.3 Å². The maximum atomic E-state index is 13.1. The average molecular weight is 476 g/mol. The Bertz CT molecular complexity index is 812. The number of nitriles is 1. The first-order valence-electron chi connectivity index (χ1n) is 11.9. The standard InChI is InChI=1S/C25H37N3O4S/c1-24(2,3)32-25(12-15-27-16-13-25)31-20-8-10-21(11-9-20)33(30)18-19-6-4-5-7-22(19)23(29)28-17-14-26/h8-11,19,22,27H,4-7,12-13,15-18H2,1-3H3,(H,28,29). The Morgan fingerprint density at radius 2 is 1.91 bits per heavy atom. The molecule has 7 nitrogen and oxygen atoms in total. The largest absolute Gasteiger partial charge is 0.611 e. The third kappa shape index (κ3) is 7.61. The molecule has 1 aromatic carbocycles. The molecule has 2 N–H and O–H groups in total. The number of hydrogen-bond acceptors (Lipinski definition) is 6. The van der Waals surface area contributed by atoms with Crippen LogP contribution >= 0.6 is 0 Å². The van der Waals surface area contributed by atoms with Crippen LogP contribution in [0.1, 0.15) is 59.3 Å². The van der Waals surface area contributed by atoms with Crippen molar-refractivity contribution in [3.8, 4) is 11.8 Å². The van der Waals surface area contributed by atoms with E-state index in [1.807, 2.05) is 51.1 Å². The molecule has 3 unspecified atom stereocenters. The van der Waals surface area contributed by atoms with E-state index in [0.717, 1.165) is 56.5 Å². The Morgan fingerprint density at radius 3 is 2.55 bits per heavy atom. The predicted octanol–water partition coefficient (Wildman–Crippen LogP) is 3.51. The number of carbonyl (C=O) groups excluding carboxylic acids is 1. The molecule has 0 bridgehead atoms. The lowest BCUT2D eigenvalue weighted by molar-refractivity contribution is -0.246. The van der Waals surface area contributed by atoms with Crippen LogP contribution in [0, 0.1) is 23.2 Å². The van der Waals surface area contributed by atoms with Crippen LogP contribution in [0.15, 0.2) is 29.2 Å². The van der Waals surface area contributed by atoms with Gasteiger partial charge in [0.1, 0.15) is 18.0 Å². The fourth-order valence-electron chi connectivity index (χ4n) is 4.77. The Morgan fingerprint density at radius 1 is 1.24 bits per heavy atom. The predicted molar refractivity (Wildman–Crippen MR) is 128 cm³/mol. The highest BCUT2D eigenvalue weighted by atomic mass is 32.2. The van der Waals surface area contributed by atoms with Crippen molar-refractivity contribution < 1.29 is 18.8 Å². The molecule has 1 aromatic rings. The van der Waals surface area contributed by atoms with E-state index in [4.69, 9.17) is 14.7 Å². The molecule has 3 rings (SSSR count). The number of hydrogen-bond donors (Lipinski definition) is 2. The third-order valence-electron chi connectivity index (χ3n) is 6.20. The molecule has 1 aliphatic heterocycles. The van der Waals surface area contributed by atoms with Gasteiger partial charge in [-0.3, -0.25) is 4.79 Å². The van der Waals surface area contributed by atoms with Crippen molar-refractivity contribution in [2.24, 2.45) is 11.8 Å². The molecular formula is C25H37N3O4S. The normalized spacial score (nSPS) is 23.8. The second-order valence-electron chi connectivity index (χ2n) is 9.99. The van der Waals surface area contributed by atoms with Crippen molar-refractivity contribution in [2.45, 2.75) is 75.6 Å². The minimum Gasteiger partial charge on any atom is -0.611 e. The van der Waals surface area contributed by atoms with E-state index in [0.29, 0.717) is 11.5 Å². The van der Waals surface area contributed by atoms with Crippen LogP contribution < -0.4 is 15.4 Å². The fourth-order valence-corrected chi connectivity index (χ4v) is 6.19. The van der Waals surface area contributed by atoms with E-state index in [2.05, 4.69) is 10.6 Å². The second kappa shape index (κ2) is 11.6. The van der Waals surface area contributed by atoms with Crippen LogP contribution in [0.5, 0.6) is 5.75 Å². The highest BCUT2D eigenvalue weighted by molar-refractivity contribution is 7.91. The van der Waals surface area contributed by atoms with Crippen molar-refractivity contribution in [2.75, 3.05) is 25.4 Å². The molecule has 0 spiro atoms. The number of nitrogens with one attached hydrogen (secondary N) is 2. The van der Waals surface area contributed by atoms with Gasteiger partial charge in [-0.1, -0.05) is 12.8 Å². The number of benzene rings is 1. The van der Waals surface area contributed by atoms with Crippen LogP contribution in [-0.2, 0) is 20.7 Å². The monoisotopic (exact) mass is 475 g/mol. The molecule has 1 heterocycles. The molecule has 182 valence electrons. The Balaban J connectivity index is 1.63. The van der Waals surface area contributed by atoms with Crippen molar-refractivity contribution in [3.63, 3.8) is 0 Å². The lowest BCUT2D eigenvalue weighted by atomic mass is 9.80. The summed E-state index contributed by atoms with van der Waals surface area (Å²) in [6, 6.07) is 9.38. The number of amides is 1. The zero-order valence-corrected chi connectivity index (χ0v) is 20.8. The van der Waals surface area contributed by atoms with E-state index < -0.39 is 17.0 Å². The summed E-state index contributed by atoms with van der Waals surface area (Å²) in [7, 11) is 0. The zero-order chi connectivity index (χ0) is 23.9. The molecule has 0 radical (unpaired) electrons. The molecule has 2 aliphatic rings. The molecule has 1 amide bonds. The minimum absolute atomic E-state index is 0.0170. The Hall–Kier alpha value is -1.79. The smallest absolute Gasteiger partial charge is 0.224 e. The molecule has 3 atom stereocenters. The van der Waals surface area contributed by atoms with E-state index in [9.17, 15) is 9.35 Å². The fraction of sp³-hybridized carbons (Fsp3) is 0.680. The van der Waals surface area contributed by atoms with Crippen LogP contribution in [0.4, 0.5) is 0 Å². The van der Waals surface area contributed by atoms with Gasteiger partial charge in [0.05, 0.1) is 11.7 Å². The van der Waals surface area contributed by atoms with Crippen LogP contribution in [0.2, 0.25) is 0 Å². The van der Waals surface area contributed by atoms with E-state index in [1.54, 1.807) is 0 Å². The SMILES string of the molecule is CC(C)(C)OC1(Oc2ccc([S+]([O-])CC3CCCCC3C(=O)NCC#N)cc2)CCNCC1. The molecule has 1 aliphatic carbocycles. The summed E-state index contributed by atoms with van der Waals surface area (Å²) in [5.41, 5.74) is -0.325. The molecule has 0 aromatic heterocycles. The second-order valence-corrected chi connectivity index (χ2v) is 11.5. The van der Waals surface area contributed by atoms with Crippen LogP contribution in [0.25, 0.3) is 0 Å². The summed E-state index contributed by atoms with van der Waals surface area (Å²) in [5.74, 6) is 0.283. The van der Waals surface area contributed by atoms with E-state index in [1.165, 1.54) is 0 Å². The molecule has 2 fully saturated rings. The first-order valence-corrected chi connectivity index (χ1v) is 13.3. The maximum Gasteiger partial charge on any atom is 0.224 e. The lowest BCUT2D eigenvalue weighted by Crippen LogP contribution is -2.51. The number of piperidine rings is 1. The van der Waals surface area contributed by atoms with Gasteiger partial charge in [-0.15, -0.1) is 0 Å². The quantitative estimate of drug-likeness (QED) is 0.339. The summed E-state index contributed by atoms with van der Waals surface area (Å²) in [5, 5.41) is 14.8.